The SMILES string of the molecule is CCc1ccc(-c2csc3ncn(Cc4c(Cl)cccc4Cl)c(=O)c23)cc1. The summed E-state index contributed by atoms with van der Waals surface area (Å²) in [7, 11) is 0. The third kappa shape index (κ3) is 3.41. The van der Waals surface area contributed by atoms with Gasteiger partial charge in [0.05, 0.1) is 18.3 Å². The Bertz CT molecular complexity index is 1160. The second kappa shape index (κ2) is 7.47. The average molecular weight is 415 g/mol. The molecule has 0 radical (unpaired) electrons. The Morgan fingerprint density at radius 1 is 1.07 bits per heavy atom. The maximum Gasteiger partial charge on any atom is 0.263 e. The quantitative estimate of drug-likeness (QED) is 0.407. The number of rotatable bonds is 4. The summed E-state index contributed by atoms with van der Waals surface area (Å²) in [6.45, 7) is 2.40. The molecule has 0 aliphatic heterocycles. The van der Waals surface area contributed by atoms with E-state index in [0.29, 0.717) is 21.0 Å². The van der Waals surface area contributed by atoms with Gasteiger partial charge in [-0.05, 0) is 29.7 Å². The van der Waals surface area contributed by atoms with E-state index in [1.165, 1.54) is 16.9 Å². The van der Waals surface area contributed by atoms with Crippen LogP contribution in [-0.2, 0) is 13.0 Å². The molecule has 4 aromatic rings. The van der Waals surface area contributed by atoms with E-state index in [4.69, 9.17) is 23.2 Å². The van der Waals surface area contributed by atoms with E-state index in [0.717, 1.165) is 22.4 Å². The van der Waals surface area contributed by atoms with Gasteiger partial charge in [-0.3, -0.25) is 9.36 Å². The molecular formula is C21H16Cl2N2OS. The molecule has 3 nitrogen and oxygen atoms in total. The first kappa shape index (κ1) is 18.2. The Morgan fingerprint density at radius 2 is 1.78 bits per heavy atom. The lowest BCUT2D eigenvalue weighted by Crippen LogP contribution is -2.21. The summed E-state index contributed by atoms with van der Waals surface area (Å²) in [6.07, 6.45) is 2.54. The standard InChI is InChI=1S/C21H16Cl2N2OS/c1-2-13-6-8-14(9-7-13)16-11-27-20-19(16)21(26)25(12-24-20)10-15-17(22)4-3-5-18(15)23/h3-9,11-12H,2,10H2,1H3. The highest BCUT2D eigenvalue weighted by atomic mass is 35.5. The Kier molecular flexibility index (Phi) is 5.04. The van der Waals surface area contributed by atoms with Crippen LogP contribution in [0.4, 0.5) is 0 Å². The molecule has 2 aromatic heterocycles. The van der Waals surface area contributed by atoms with Crippen LogP contribution in [-0.4, -0.2) is 9.55 Å². The number of benzene rings is 2. The van der Waals surface area contributed by atoms with Crippen LogP contribution in [0.15, 0.2) is 59.0 Å². The molecule has 0 spiro atoms. The van der Waals surface area contributed by atoms with Crippen LogP contribution in [0.3, 0.4) is 0 Å². The largest absolute Gasteiger partial charge is 0.294 e. The Labute approximate surface area is 170 Å². The van der Waals surface area contributed by atoms with Gasteiger partial charge < -0.3 is 0 Å². The zero-order chi connectivity index (χ0) is 19.0. The van der Waals surface area contributed by atoms with Gasteiger partial charge in [-0.15, -0.1) is 11.3 Å². The lowest BCUT2D eigenvalue weighted by Gasteiger charge is -2.10. The molecule has 0 aliphatic rings. The number of hydrogen-bond acceptors (Lipinski definition) is 3. The van der Waals surface area contributed by atoms with E-state index in [2.05, 4.69) is 36.2 Å². The predicted octanol–water partition coefficient (Wildman–Crippen LogP) is 6.04. The van der Waals surface area contributed by atoms with Crippen LogP contribution < -0.4 is 5.56 Å². The van der Waals surface area contributed by atoms with Crippen molar-refractivity contribution in [2.24, 2.45) is 0 Å². The van der Waals surface area contributed by atoms with Gasteiger partial charge in [-0.2, -0.15) is 0 Å². The summed E-state index contributed by atoms with van der Waals surface area (Å²) in [5.74, 6) is 0. The Morgan fingerprint density at radius 3 is 2.44 bits per heavy atom. The molecule has 6 heteroatoms. The topological polar surface area (TPSA) is 34.9 Å². The smallest absolute Gasteiger partial charge is 0.263 e. The van der Waals surface area contributed by atoms with E-state index in [9.17, 15) is 4.79 Å². The molecule has 2 aromatic carbocycles. The van der Waals surface area contributed by atoms with Gasteiger partial charge in [0.15, 0.2) is 0 Å². The third-order valence-corrected chi connectivity index (χ3v) is 6.22. The highest BCUT2D eigenvalue weighted by Crippen LogP contribution is 2.31. The first-order chi connectivity index (χ1) is 13.1. The van der Waals surface area contributed by atoms with Gasteiger partial charge in [0.1, 0.15) is 4.83 Å². The third-order valence-electron chi connectivity index (χ3n) is 4.62. The second-order valence-electron chi connectivity index (χ2n) is 6.26. The van der Waals surface area contributed by atoms with Gasteiger partial charge in [-0.25, -0.2) is 4.98 Å². The molecule has 136 valence electrons. The molecule has 0 amide bonds. The summed E-state index contributed by atoms with van der Waals surface area (Å²) in [5, 5.41) is 3.70. The molecule has 0 saturated carbocycles. The summed E-state index contributed by atoms with van der Waals surface area (Å²) < 4.78 is 1.56. The molecule has 0 atom stereocenters. The number of hydrogen-bond donors (Lipinski definition) is 0. The second-order valence-corrected chi connectivity index (χ2v) is 7.93. The van der Waals surface area contributed by atoms with Crippen molar-refractivity contribution in [2.75, 3.05) is 0 Å². The zero-order valence-electron chi connectivity index (χ0n) is 14.6. The van der Waals surface area contributed by atoms with Crippen molar-refractivity contribution in [1.29, 1.82) is 0 Å². The molecule has 0 fully saturated rings. The highest BCUT2D eigenvalue weighted by molar-refractivity contribution is 7.17. The van der Waals surface area contributed by atoms with Crippen molar-refractivity contribution < 1.29 is 0 Å². The molecule has 27 heavy (non-hydrogen) atoms. The lowest BCUT2D eigenvalue weighted by atomic mass is 10.0. The molecule has 2 heterocycles. The molecule has 0 bridgehead atoms. The van der Waals surface area contributed by atoms with Crippen LogP contribution in [0.1, 0.15) is 18.1 Å². The Hall–Kier alpha value is -2.14. The van der Waals surface area contributed by atoms with Crippen molar-refractivity contribution in [1.82, 2.24) is 9.55 Å². The fourth-order valence-corrected chi connectivity index (χ4v) is 4.49. The number of aromatic nitrogens is 2. The fraction of sp³-hybridized carbons (Fsp3) is 0.143. The van der Waals surface area contributed by atoms with E-state index in [-0.39, 0.29) is 12.1 Å². The molecule has 0 aliphatic carbocycles. The zero-order valence-corrected chi connectivity index (χ0v) is 16.9. The molecule has 0 saturated heterocycles. The first-order valence-corrected chi connectivity index (χ1v) is 10.2. The van der Waals surface area contributed by atoms with Gasteiger partial charge in [0, 0.05) is 26.6 Å². The minimum atomic E-state index is -0.0909. The van der Waals surface area contributed by atoms with Gasteiger partial charge in [0.2, 0.25) is 0 Å². The number of fused-ring (bicyclic) bond motifs is 1. The Balaban J connectivity index is 1.83. The normalized spacial score (nSPS) is 11.2. The molecule has 0 unspecified atom stereocenters. The number of aryl methyl sites for hydroxylation is 1. The van der Waals surface area contributed by atoms with Crippen molar-refractivity contribution in [3.05, 3.63) is 85.7 Å². The van der Waals surface area contributed by atoms with E-state index in [1.54, 1.807) is 29.1 Å². The van der Waals surface area contributed by atoms with E-state index in [1.807, 2.05) is 5.38 Å². The van der Waals surface area contributed by atoms with E-state index >= 15 is 0 Å². The van der Waals surface area contributed by atoms with Gasteiger partial charge >= 0.3 is 0 Å². The number of nitrogens with zero attached hydrogens (tertiary/aromatic N) is 2. The highest BCUT2D eigenvalue weighted by Gasteiger charge is 2.15. The summed E-state index contributed by atoms with van der Waals surface area (Å²) >= 11 is 14.0. The predicted molar refractivity (Wildman–Crippen MR) is 114 cm³/mol. The summed E-state index contributed by atoms with van der Waals surface area (Å²) in [4.78, 5) is 18.4. The van der Waals surface area contributed by atoms with Crippen molar-refractivity contribution in [3.63, 3.8) is 0 Å². The molecule has 4 rings (SSSR count). The monoisotopic (exact) mass is 414 g/mol. The minimum Gasteiger partial charge on any atom is -0.294 e. The summed E-state index contributed by atoms with van der Waals surface area (Å²) in [6, 6.07) is 13.6. The van der Waals surface area contributed by atoms with Crippen molar-refractivity contribution in [3.8, 4) is 11.1 Å². The van der Waals surface area contributed by atoms with Crippen LogP contribution in [0.25, 0.3) is 21.3 Å². The van der Waals surface area contributed by atoms with Crippen molar-refractivity contribution in [2.45, 2.75) is 19.9 Å². The fourth-order valence-electron chi connectivity index (χ4n) is 3.07. The van der Waals surface area contributed by atoms with Crippen LogP contribution in [0.2, 0.25) is 10.0 Å². The molecular weight excluding hydrogens is 399 g/mol. The summed E-state index contributed by atoms with van der Waals surface area (Å²) in [5.41, 5.74) is 3.82. The lowest BCUT2D eigenvalue weighted by molar-refractivity contribution is 0.750. The van der Waals surface area contributed by atoms with Gasteiger partial charge in [-0.1, -0.05) is 60.5 Å². The van der Waals surface area contributed by atoms with Gasteiger partial charge in [0.25, 0.3) is 5.56 Å². The maximum absolute atomic E-state index is 13.2. The van der Waals surface area contributed by atoms with E-state index < -0.39 is 0 Å². The molecule has 0 N–H and O–H groups in total. The number of halogens is 2. The minimum absolute atomic E-state index is 0.0909. The number of thiophene rings is 1. The van der Waals surface area contributed by atoms with Crippen molar-refractivity contribution >= 4 is 44.8 Å². The maximum atomic E-state index is 13.2. The average Bonchev–Trinajstić information content (AvgIpc) is 3.11. The van der Waals surface area contributed by atoms with Crippen LogP contribution in [0.5, 0.6) is 0 Å². The van der Waals surface area contributed by atoms with Crippen LogP contribution in [0, 0.1) is 0 Å². The van der Waals surface area contributed by atoms with Crippen LogP contribution >= 0.6 is 34.5 Å². The first-order valence-electron chi connectivity index (χ1n) is 8.57.